The summed E-state index contributed by atoms with van der Waals surface area (Å²) in [4.78, 5) is 13.8. The normalized spacial score (nSPS) is 19.0. The molecule has 0 radical (unpaired) electrons. The van der Waals surface area contributed by atoms with E-state index in [1.54, 1.807) is 4.90 Å². The average molecular weight is 335 g/mol. The fourth-order valence-corrected chi connectivity index (χ4v) is 3.31. The van der Waals surface area contributed by atoms with Crippen LogP contribution in [0.4, 0.5) is 4.79 Å². The van der Waals surface area contributed by atoms with Crippen LogP contribution < -0.4 is 0 Å². The third-order valence-corrected chi connectivity index (χ3v) is 4.55. The molecule has 1 aromatic rings. The van der Waals surface area contributed by atoms with Crippen LogP contribution in [0.15, 0.2) is 30.3 Å². The topological polar surface area (TPSA) is 70.0 Å². The van der Waals surface area contributed by atoms with Crippen LogP contribution in [0.2, 0.25) is 0 Å². The van der Waals surface area contributed by atoms with Gasteiger partial charge in [-0.05, 0) is 45.6 Å². The fourth-order valence-electron chi connectivity index (χ4n) is 3.31. The van der Waals surface area contributed by atoms with Crippen LogP contribution >= 0.6 is 0 Å². The van der Waals surface area contributed by atoms with Crippen LogP contribution in [-0.4, -0.2) is 52.1 Å². The molecule has 1 atom stereocenters. The number of carbonyl (C=O) groups excluding carboxylic acids is 1. The second-order valence-corrected chi connectivity index (χ2v) is 7.55. The first kappa shape index (κ1) is 18.7. The highest BCUT2D eigenvalue weighted by atomic mass is 16.6. The van der Waals surface area contributed by atoms with Crippen molar-refractivity contribution in [2.45, 2.75) is 57.2 Å². The van der Waals surface area contributed by atoms with E-state index in [1.165, 1.54) is 0 Å². The summed E-state index contributed by atoms with van der Waals surface area (Å²) in [7, 11) is 0. The van der Waals surface area contributed by atoms with Gasteiger partial charge in [0.2, 0.25) is 0 Å². The van der Waals surface area contributed by atoms with Gasteiger partial charge in [0.05, 0.1) is 5.60 Å². The van der Waals surface area contributed by atoms with E-state index in [4.69, 9.17) is 4.74 Å². The van der Waals surface area contributed by atoms with Gasteiger partial charge in [0.15, 0.2) is 0 Å². The Bertz CT molecular complexity index is 530. The molecule has 0 bridgehead atoms. The molecule has 1 saturated heterocycles. The molecule has 5 heteroatoms. The first-order valence-electron chi connectivity index (χ1n) is 8.61. The summed E-state index contributed by atoms with van der Waals surface area (Å²) in [6.45, 7) is 6.48. The lowest BCUT2D eigenvalue weighted by atomic mass is 9.74. The molecule has 1 aromatic carbocycles. The van der Waals surface area contributed by atoms with E-state index in [1.807, 2.05) is 51.1 Å². The molecule has 24 heavy (non-hydrogen) atoms. The molecule has 134 valence electrons. The smallest absolute Gasteiger partial charge is 0.410 e. The monoisotopic (exact) mass is 335 g/mol. The van der Waals surface area contributed by atoms with Crippen molar-refractivity contribution in [2.24, 2.45) is 0 Å². The Morgan fingerprint density at radius 3 is 2.33 bits per heavy atom. The Morgan fingerprint density at radius 1 is 1.25 bits per heavy atom. The minimum absolute atomic E-state index is 0.0254. The van der Waals surface area contributed by atoms with Gasteiger partial charge >= 0.3 is 6.09 Å². The van der Waals surface area contributed by atoms with E-state index >= 15 is 0 Å². The number of nitrogens with zero attached hydrogens (tertiary/aromatic N) is 1. The van der Waals surface area contributed by atoms with Crippen LogP contribution in [0, 0.1) is 0 Å². The van der Waals surface area contributed by atoms with Crippen molar-refractivity contribution in [3.8, 4) is 0 Å². The molecule has 0 aliphatic carbocycles. The molecule has 0 spiro atoms. The number of ether oxygens (including phenoxy) is 1. The number of amides is 1. The van der Waals surface area contributed by atoms with Crippen molar-refractivity contribution in [3.63, 3.8) is 0 Å². The summed E-state index contributed by atoms with van der Waals surface area (Å²) in [5, 5.41) is 20.6. The summed E-state index contributed by atoms with van der Waals surface area (Å²) in [6, 6.07) is 9.80. The maximum atomic E-state index is 12.2. The standard InChI is InChI=1S/C19H29NO4/c1-18(2,3)24-17(22)20-12-10-19(23,11-13-20)16(9-14-21)15-7-5-4-6-8-15/h4-8,16,21,23H,9-14H2,1-3H3. The van der Waals surface area contributed by atoms with E-state index in [-0.39, 0.29) is 18.6 Å². The molecule has 1 unspecified atom stereocenters. The summed E-state index contributed by atoms with van der Waals surface area (Å²) in [6.07, 6.45) is 1.13. The number of hydrogen-bond donors (Lipinski definition) is 2. The van der Waals surface area contributed by atoms with Gasteiger partial charge < -0.3 is 19.8 Å². The van der Waals surface area contributed by atoms with E-state index in [2.05, 4.69) is 0 Å². The van der Waals surface area contributed by atoms with Crippen molar-refractivity contribution in [1.29, 1.82) is 0 Å². The predicted molar refractivity (Wildman–Crippen MR) is 92.9 cm³/mol. The van der Waals surface area contributed by atoms with Gasteiger partial charge in [-0.2, -0.15) is 0 Å². The van der Waals surface area contributed by atoms with E-state index in [0.717, 1.165) is 5.56 Å². The molecule has 1 heterocycles. The second kappa shape index (κ2) is 7.53. The first-order valence-corrected chi connectivity index (χ1v) is 8.61. The molecule has 0 saturated carbocycles. The third kappa shape index (κ3) is 4.71. The molecule has 1 aliphatic rings. The highest BCUT2D eigenvalue weighted by molar-refractivity contribution is 5.68. The largest absolute Gasteiger partial charge is 0.444 e. The summed E-state index contributed by atoms with van der Waals surface area (Å²) in [5.41, 5.74) is -0.406. The van der Waals surface area contributed by atoms with Crippen molar-refractivity contribution >= 4 is 6.09 Å². The van der Waals surface area contributed by atoms with Gasteiger partial charge in [-0.15, -0.1) is 0 Å². The third-order valence-electron chi connectivity index (χ3n) is 4.55. The number of aliphatic hydroxyl groups is 2. The average Bonchev–Trinajstić information content (AvgIpc) is 2.52. The Kier molecular flexibility index (Phi) is 5.88. The van der Waals surface area contributed by atoms with Crippen molar-refractivity contribution in [1.82, 2.24) is 4.90 Å². The van der Waals surface area contributed by atoms with Gasteiger partial charge in [-0.1, -0.05) is 30.3 Å². The summed E-state index contributed by atoms with van der Waals surface area (Å²) >= 11 is 0. The molecule has 1 aliphatic heterocycles. The SMILES string of the molecule is CC(C)(C)OC(=O)N1CCC(O)(C(CCO)c2ccccc2)CC1. The molecular formula is C19H29NO4. The lowest BCUT2D eigenvalue weighted by Crippen LogP contribution is -2.50. The zero-order valence-electron chi connectivity index (χ0n) is 14.9. The van der Waals surface area contributed by atoms with Crippen LogP contribution in [-0.2, 0) is 4.74 Å². The number of benzene rings is 1. The Labute approximate surface area is 144 Å². The van der Waals surface area contributed by atoms with Crippen LogP contribution in [0.5, 0.6) is 0 Å². The Hall–Kier alpha value is -1.59. The Balaban J connectivity index is 2.05. The highest BCUT2D eigenvalue weighted by Gasteiger charge is 2.41. The maximum absolute atomic E-state index is 12.2. The number of carbonyl (C=O) groups is 1. The fraction of sp³-hybridized carbons (Fsp3) is 0.632. The minimum Gasteiger partial charge on any atom is -0.444 e. The van der Waals surface area contributed by atoms with Crippen molar-refractivity contribution in [2.75, 3.05) is 19.7 Å². The first-order chi connectivity index (χ1) is 11.2. The number of rotatable bonds is 4. The van der Waals surface area contributed by atoms with E-state index in [0.29, 0.717) is 32.4 Å². The lowest BCUT2D eigenvalue weighted by molar-refractivity contribution is -0.0525. The molecular weight excluding hydrogens is 306 g/mol. The number of piperidine rings is 1. The molecule has 1 amide bonds. The molecule has 0 aromatic heterocycles. The van der Waals surface area contributed by atoms with Crippen LogP contribution in [0.1, 0.15) is 51.5 Å². The van der Waals surface area contributed by atoms with Crippen LogP contribution in [0.25, 0.3) is 0 Å². The zero-order chi connectivity index (χ0) is 17.8. The molecule has 5 nitrogen and oxygen atoms in total. The molecule has 1 fully saturated rings. The zero-order valence-corrected chi connectivity index (χ0v) is 14.9. The van der Waals surface area contributed by atoms with Crippen molar-refractivity contribution < 1.29 is 19.7 Å². The maximum Gasteiger partial charge on any atom is 0.410 e. The highest BCUT2D eigenvalue weighted by Crippen LogP contribution is 2.39. The molecule has 2 N–H and O–H groups in total. The van der Waals surface area contributed by atoms with Crippen molar-refractivity contribution in [3.05, 3.63) is 35.9 Å². The predicted octanol–water partition coefficient (Wildman–Crippen LogP) is 2.91. The summed E-state index contributed by atoms with van der Waals surface area (Å²) < 4.78 is 5.40. The summed E-state index contributed by atoms with van der Waals surface area (Å²) in [5.74, 6) is -0.135. The number of hydrogen-bond acceptors (Lipinski definition) is 4. The van der Waals surface area contributed by atoms with Gasteiger partial charge in [-0.25, -0.2) is 4.79 Å². The minimum atomic E-state index is -0.914. The van der Waals surface area contributed by atoms with Gasteiger partial charge in [0.1, 0.15) is 5.60 Å². The Morgan fingerprint density at radius 2 is 1.83 bits per heavy atom. The number of aliphatic hydroxyl groups excluding tert-OH is 1. The quantitative estimate of drug-likeness (QED) is 0.887. The molecule has 2 rings (SSSR count). The van der Waals surface area contributed by atoms with Gasteiger partial charge in [0, 0.05) is 25.6 Å². The number of likely N-dealkylation sites (tertiary alicyclic amines) is 1. The second-order valence-electron chi connectivity index (χ2n) is 7.55. The van der Waals surface area contributed by atoms with Gasteiger partial charge in [0.25, 0.3) is 0 Å². The van der Waals surface area contributed by atoms with Crippen LogP contribution in [0.3, 0.4) is 0 Å². The van der Waals surface area contributed by atoms with Gasteiger partial charge in [-0.3, -0.25) is 0 Å². The van der Waals surface area contributed by atoms with E-state index in [9.17, 15) is 15.0 Å². The van der Waals surface area contributed by atoms with E-state index < -0.39 is 11.2 Å². The lowest BCUT2D eigenvalue weighted by Gasteiger charge is -2.43.